The van der Waals surface area contributed by atoms with Gasteiger partial charge in [-0.25, -0.2) is 0 Å². The number of ether oxygens (including phenoxy) is 2. The SMILES string of the molecule is COc1cc(/C=C2\SC(=O)N(CC(=O)N3CCc4ccccc4C3)C2=O)c(Br)cc1OCc1ccccc1C#N. The van der Waals surface area contributed by atoms with Crippen molar-refractivity contribution in [1.82, 2.24) is 9.80 Å². The van der Waals surface area contributed by atoms with Gasteiger partial charge in [-0.15, -0.1) is 0 Å². The molecule has 40 heavy (non-hydrogen) atoms. The standard InChI is InChI=1S/C30H24BrN3O5S/c1-38-25-12-23(24(31)14-26(25)39-18-22-9-5-3-7-20(22)15-32)13-27-29(36)34(30(37)40-27)17-28(35)33-11-10-19-6-2-4-8-21(19)16-33/h2-9,12-14H,10-11,16-18H2,1H3/b27-13-. The van der Waals surface area contributed by atoms with Crippen molar-refractivity contribution >= 4 is 50.8 Å². The van der Waals surface area contributed by atoms with E-state index in [1.165, 1.54) is 12.7 Å². The van der Waals surface area contributed by atoms with Crippen LogP contribution in [0.5, 0.6) is 11.5 Å². The van der Waals surface area contributed by atoms with Gasteiger partial charge >= 0.3 is 0 Å². The van der Waals surface area contributed by atoms with Crippen molar-refractivity contribution in [3.05, 3.63) is 97.9 Å². The van der Waals surface area contributed by atoms with Gasteiger partial charge < -0.3 is 14.4 Å². The maximum atomic E-state index is 13.1. The minimum atomic E-state index is -0.514. The maximum Gasteiger partial charge on any atom is 0.294 e. The van der Waals surface area contributed by atoms with Crippen LogP contribution in [0.3, 0.4) is 0 Å². The Bertz CT molecular complexity index is 1580. The molecule has 2 heterocycles. The number of fused-ring (bicyclic) bond motifs is 1. The zero-order chi connectivity index (χ0) is 28.2. The van der Waals surface area contributed by atoms with Crippen LogP contribution in [0.2, 0.25) is 0 Å². The van der Waals surface area contributed by atoms with Gasteiger partial charge in [-0.3, -0.25) is 19.3 Å². The molecule has 2 aliphatic rings. The summed E-state index contributed by atoms with van der Waals surface area (Å²) in [5.41, 5.74) is 4.16. The molecule has 0 aliphatic carbocycles. The van der Waals surface area contributed by atoms with E-state index in [2.05, 4.69) is 28.1 Å². The van der Waals surface area contributed by atoms with Crippen LogP contribution in [0, 0.1) is 11.3 Å². The Hall–Kier alpha value is -4.07. The van der Waals surface area contributed by atoms with Crippen molar-refractivity contribution in [3.63, 3.8) is 0 Å². The predicted octanol–water partition coefficient (Wildman–Crippen LogP) is 5.53. The first-order valence-electron chi connectivity index (χ1n) is 12.5. The molecular formula is C30H24BrN3O5S. The van der Waals surface area contributed by atoms with Crippen LogP contribution in [0.25, 0.3) is 6.08 Å². The summed E-state index contributed by atoms with van der Waals surface area (Å²) >= 11 is 4.31. The summed E-state index contributed by atoms with van der Waals surface area (Å²) in [5, 5.41) is 8.83. The third-order valence-corrected chi connectivity index (χ3v) is 8.34. The summed E-state index contributed by atoms with van der Waals surface area (Å²) in [4.78, 5) is 41.7. The van der Waals surface area contributed by atoms with Gasteiger partial charge in [-0.1, -0.05) is 58.4 Å². The van der Waals surface area contributed by atoms with E-state index < -0.39 is 11.1 Å². The molecule has 1 saturated heterocycles. The van der Waals surface area contributed by atoms with Crippen molar-refractivity contribution in [2.45, 2.75) is 19.6 Å². The third-order valence-electron chi connectivity index (χ3n) is 6.74. The number of hydrogen-bond donors (Lipinski definition) is 0. The van der Waals surface area contributed by atoms with Gasteiger partial charge in [0.15, 0.2) is 11.5 Å². The number of halogens is 1. The molecule has 0 bridgehead atoms. The molecule has 0 aromatic heterocycles. The second kappa shape index (κ2) is 12.0. The van der Waals surface area contributed by atoms with E-state index in [-0.39, 0.29) is 24.0 Å². The molecule has 10 heteroatoms. The van der Waals surface area contributed by atoms with Crippen LogP contribution in [0.15, 0.2) is 70.0 Å². The summed E-state index contributed by atoms with van der Waals surface area (Å²) in [6.07, 6.45) is 2.33. The fourth-order valence-corrected chi connectivity index (χ4v) is 5.83. The van der Waals surface area contributed by atoms with Crippen LogP contribution in [0.4, 0.5) is 4.79 Å². The number of rotatable bonds is 7. The first-order chi connectivity index (χ1) is 19.4. The van der Waals surface area contributed by atoms with Gasteiger partial charge in [-0.2, -0.15) is 5.26 Å². The van der Waals surface area contributed by atoms with E-state index in [0.29, 0.717) is 40.2 Å². The van der Waals surface area contributed by atoms with Crippen LogP contribution in [0.1, 0.15) is 27.8 Å². The summed E-state index contributed by atoms with van der Waals surface area (Å²) in [6, 6.07) is 20.7. The number of imide groups is 1. The fourth-order valence-electron chi connectivity index (χ4n) is 4.57. The Morgan fingerprint density at radius 3 is 2.62 bits per heavy atom. The van der Waals surface area contributed by atoms with Crippen LogP contribution in [-0.4, -0.2) is 47.1 Å². The Balaban J connectivity index is 1.29. The van der Waals surface area contributed by atoms with E-state index in [1.807, 2.05) is 30.3 Å². The molecule has 2 aliphatic heterocycles. The average molecular weight is 619 g/mol. The molecule has 3 aromatic carbocycles. The van der Waals surface area contributed by atoms with Gasteiger partial charge in [-0.05, 0) is 59.1 Å². The summed E-state index contributed by atoms with van der Waals surface area (Å²) in [6.45, 7) is 0.877. The zero-order valence-corrected chi connectivity index (χ0v) is 24.0. The predicted molar refractivity (Wildman–Crippen MR) is 154 cm³/mol. The number of methoxy groups -OCH3 is 1. The Labute approximate surface area is 244 Å². The topological polar surface area (TPSA) is 99.9 Å². The number of thioether (sulfide) groups is 1. The van der Waals surface area contributed by atoms with Crippen molar-refractivity contribution in [3.8, 4) is 17.6 Å². The quantitative estimate of drug-likeness (QED) is 0.321. The normalized spacial score (nSPS) is 15.7. The monoisotopic (exact) mass is 617 g/mol. The second-order valence-corrected chi connectivity index (χ2v) is 11.0. The molecule has 1 fully saturated rings. The molecule has 3 aromatic rings. The molecule has 0 spiro atoms. The lowest BCUT2D eigenvalue weighted by Gasteiger charge is -2.29. The highest BCUT2D eigenvalue weighted by molar-refractivity contribution is 9.10. The van der Waals surface area contributed by atoms with Gasteiger partial charge in [0.1, 0.15) is 13.2 Å². The molecule has 202 valence electrons. The largest absolute Gasteiger partial charge is 0.493 e. The molecular weight excluding hydrogens is 594 g/mol. The molecule has 3 amide bonds. The molecule has 0 radical (unpaired) electrons. The lowest BCUT2D eigenvalue weighted by atomic mass is 10.00. The average Bonchev–Trinajstić information content (AvgIpc) is 3.24. The zero-order valence-electron chi connectivity index (χ0n) is 21.6. The minimum Gasteiger partial charge on any atom is -0.493 e. The highest BCUT2D eigenvalue weighted by atomic mass is 79.9. The Kier molecular flexibility index (Phi) is 8.24. The summed E-state index contributed by atoms with van der Waals surface area (Å²) in [5.74, 6) is 0.0881. The second-order valence-electron chi connectivity index (χ2n) is 9.18. The van der Waals surface area contributed by atoms with Crippen molar-refractivity contribution < 1.29 is 23.9 Å². The number of amides is 3. The van der Waals surface area contributed by atoms with E-state index in [4.69, 9.17) is 9.47 Å². The van der Waals surface area contributed by atoms with Crippen molar-refractivity contribution in [1.29, 1.82) is 5.26 Å². The molecule has 0 atom stereocenters. The number of nitriles is 1. The first-order valence-corrected chi connectivity index (χ1v) is 14.1. The van der Waals surface area contributed by atoms with Gasteiger partial charge in [0.25, 0.3) is 11.1 Å². The third kappa shape index (κ3) is 5.76. The van der Waals surface area contributed by atoms with Crippen LogP contribution >= 0.6 is 27.7 Å². The summed E-state index contributed by atoms with van der Waals surface area (Å²) in [7, 11) is 1.50. The highest BCUT2D eigenvalue weighted by Gasteiger charge is 2.37. The van der Waals surface area contributed by atoms with Crippen molar-refractivity contribution in [2.24, 2.45) is 0 Å². The molecule has 0 saturated carbocycles. The highest BCUT2D eigenvalue weighted by Crippen LogP contribution is 2.38. The number of carbonyl (C=O) groups is 3. The van der Waals surface area contributed by atoms with E-state index in [1.54, 1.807) is 35.2 Å². The minimum absolute atomic E-state index is 0.168. The molecule has 8 nitrogen and oxygen atoms in total. The molecule has 0 N–H and O–H groups in total. The maximum absolute atomic E-state index is 13.1. The Morgan fingerprint density at radius 2 is 1.85 bits per heavy atom. The number of carbonyl (C=O) groups excluding carboxylic acids is 3. The number of nitrogens with zero attached hydrogens (tertiary/aromatic N) is 3. The number of hydrogen-bond acceptors (Lipinski definition) is 7. The lowest BCUT2D eigenvalue weighted by molar-refractivity contribution is -0.136. The van der Waals surface area contributed by atoms with E-state index >= 15 is 0 Å². The molecule has 0 unspecified atom stereocenters. The molecule has 5 rings (SSSR count). The van der Waals surface area contributed by atoms with Gasteiger partial charge in [0.2, 0.25) is 5.91 Å². The van der Waals surface area contributed by atoms with Gasteiger partial charge in [0.05, 0.1) is 23.6 Å². The summed E-state index contributed by atoms with van der Waals surface area (Å²) < 4.78 is 12.1. The van der Waals surface area contributed by atoms with Gasteiger partial charge in [0, 0.05) is 23.1 Å². The first kappa shape index (κ1) is 27.5. The van der Waals surface area contributed by atoms with Crippen molar-refractivity contribution in [2.75, 3.05) is 20.2 Å². The smallest absolute Gasteiger partial charge is 0.294 e. The van der Waals surface area contributed by atoms with Crippen LogP contribution < -0.4 is 9.47 Å². The lowest BCUT2D eigenvalue weighted by Crippen LogP contribution is -2.44. The fraction of sp³-hybridized carbons (Fsp3) is 0.200. The Morgan fingerprint density at radius 1 is 1.10 bits per heavy atom. The van der Waals surface area contributed by atoms with E-state index in [0.717, 1.165) is 34.2 Å². The van der Waals surface area contributed by atoms with E-state index in [9.17, 15) is 19.6 Å². The van der Waals surface area contributed by atoms with Crippen LogP contribution in [-0.2, 0) is 29.2 Å². The number of benzene rings is 3.